The Hall–Kier alpha value is -3.17. The summed E-state index contributed by atoms with van der Waals surface area (Å²) in [5.74, 6) is 2.86. The minimum Gasteiger partial charge on any atom is -0.461 e. The molecule has 0 unspecified atom stereocenters. The standard InChI is InChI=1S/C25H29N3O2Si/c1-7-30-25(29)23-24-18(2)27-22(20-13-9-8-10-14-20)21(19(3)28(24)17-26-23)15-11-12-16-31(4,5)6/h8-10,13-15,17-18H,3,7,11H2,1-2,4-6H3/t18-/m1/s1. The molecule has 0 bridgehead atoms. The third kappa shape index (κ3) is 5.12. The smallest absolute Gasteiger partial charge is 0.358 e. The Labute approximate surface area is 185 Å². The molecule has 0 saturated heterocycles. The van der Waals surface area contributed by atoms with Crippen LogP contribution in [0, 0.1) is 11.5 Å². The fourth-order valence-electron chi connectivity index (χ4n) is 3.43. The van der Waals surface area contributed by atoms with Crippen LogP contribution in [-0.4, -0.2) is 35.9 Å². The van der Waals surface area contributed by atoms with Crippen LogP contribution in [0.15, 0.2) is 59.9 Å². The highest BCUT2D eigenvalue weighted by molar-refractivity contribution is 6.83. The molecule has 0 saturated carbocycles. The average Bonchev–Trinajstić information content (AvgIpc) is 3.14. The van der Waals surface area contributed by atoms with E-state index in [1.807, 2.05) is 41.8 Å². The van der Waals surface area contributed by atoms with Gasteiger partial charge in [0.05, 0.1) is 24.1 Å². The lowest BCUT2D eigenvalue weighted by Gasteiger charge is -2.13. The number of carbonyl (C=O) groups excluding carboxylic acids is 1. The molecule has 31 heavy (non-hydrogen) atoms. The number of nitrogens with zero attached hydrogens (tertiary/aromatic N) is 3. The largest absolute Gasteiger partial charge is 0.461 e. The highest BCUT2D eigenvalue weighted by atomic mass is 28.3. The normalized spacial score (nSPS) is 17.3. The van der Waals surface area contributed by atoms with E-state index in [4.69, 9.17) is 9.73 Å². The number of benzene rings is 1. The van der Waals surface area contributed by atoms with Crippen LogP contribution in [0.5, 0.6) is 0 Å². The molecule has 1 aliphatic heterocycles. The zero-order valence-corrected chi connectivity index (χ0v) is 19.9. The Morgan fingerprint density at radius 3 is 2.65 bits per heavy atom. The first-order valence-corrected chi connectivity index (χ1v) is 14.0. The number of ether oxygens (including phenoxy) is 1. The molecule has 2 aromatic rings. The van der Waals surface area contributed by atoms with Gasteiger partial charge in [-0.05, 0) is 13.8 Å². The molecular weight excluding hydrogens is 402 g/mol. The summed E-state index contributed by atoms with van der Waals surface area (Å²) in [6.07, 6.45) is 4.31. The van der Waals surface area contributed by atoms with Gasteiger partial charge < -0.3 is 9.30 Å². The van der Waals surface area contributed by atoms with Crippen molar-refractivity contribution in [3.63, 3.8) is 0 Å². The second-order valence-corrected chi connectivity index (χ2v) is 13.2. The van der Waals surface area contributed by atoms with Crippen molar-refractivity contribution in [1.82, 2.24) is 9.55 Å². The number of aliphatic imine (C=N–C) groups is 1. The number of esters is 1. The topological polar surface area (TPSA) is 56.5 Å². The van der Waals surface area contributed by atoms with E-state index < -0.39 is 14.0 Å². The van der Waals surface area contributed by atoms with Crippen LogP contribution in [0.25, 0.3) is 5.70 Å². The molecule has 2 heterocycles. The summed E-state index contributed by atoms with van der Waals surface area (Å²) < 4.78 is 7.06. The van der Waals surface area contributed by atoms with Crippen LogP contribution in [0.4, 0.5) is 0 Å². The van der Waals surface area contributed by atoms with E-state index in [9.17, 15) is 4.79 Å². The molecule has 3 rings (SSSR count). The fourth-order valence-corrected chi connectivity index (χ4v) is 4.06. The van der Waals surface area contributed by atoms with Crippen molar-refractivity contribution in [3.8, 4) is 11.5 Å². The molecule has 6 heteroatoms. The van der Waals surface area contributed by atoms with Crippen LogP contribution < -0.4 is 0 Å². The van der Waals surface area contributed by atoms with Crippen molar-refractivity contribution < 1.29 is 9.53 Å². The van der Waals surface area contributed by atoms with Gasteiger partial charge in [-0.25, -0.2) is 9.78 Å². The lowest BCUT2D eigenvalue weighted by Crippen LogP contribution is -2.16. The maximum Gasteiger partial charge on any atom is 0.358 e. The van der Waals surface area contributed by atoms with Gasteiger partial charge in [-0.3, -0.25) is 4.99 Å². The van der Waals surface area contributed by atoms with Crippen molar-refractivity contribution in [2.75, 3.05) is 6.61 Å². The summed E-state index contributed by atoms with van der Waals surface area (Å²) in [7, 11) is -1.45. The number of hydrogen-bond acceptors (Lipinski definition) is 4. The molecule has 5 nitrogen and oxygen atoms in total. The molecule has 0 spiro atoms. The third-order valence-corrected chi connectivity index (χ3v) is 5.69. The van der Waals surface area contributed by atoms with E-state index in [1.54, 1.807) is 13.3 Å². The number of hydrogen-bond donors (Lipinski definition) is 0. The van der Waals surface area contributed by atoms with Crippen molar-refractivity contribution in [2.24, 2.45) is 4.99 Å². The predicted molar refractivity (Wildman–Crippen MR) is 129 cm³/mol. The van der Waals surface area contributed by atoms with Gasteiger partial charge in [-0.1, -0.05) is 62.6 Å². The Morgan fingerprint density at radius 2 is 2.00 bits per heavy atom. The van der Waals surface area contributed by atoms with Gasteiger partial charge in [0.2, 0.25) is 0 Å². The van der Waals surface area contributed by atoms with E-state index in [-0.39, 0.29) is 11.7 Å². The summed E-state index contributed by atoms with van der Waals surface area (Å²) >= 11 is 0. The van der Waals surface area contributed by atoms with E-state index in [0.717, 1.165) is 22.5 Å². The summed E-state index contributed by atoms with van der Waals surface area (Å²) in [4.78, 5) is 21.8. The summed E-state index contributed by atoms with van der Waals surface area (Å²) in [6.45, 7) is 15.0. The fraction of sp³-hybridized carbons (Fsp3) is 0.320. The summed E-state index contributed by atoms with van der Waals surface area (Å²) in [5.41, 5.74) is 7.83. The minimum absolute atomic E-state index is 0.284. The average molecular weight is 432 g/mol. The van der Waals surface area contributed by atoms with Crippen molar-refractivity contribution >= 4 is 25.5 Å². The number of imidazole rings is 1. The van der Waals surface area contributed by atoms with Crippen LogP contribution in [-0.2, 0) is 4.74 Å². The van der Waals surface area contributed by atoms with Gasteiger partial charge in [0.25, 0.3) is 0 Å². The number of rotatable bonds is 4. The predicted octanol–water partition coefficient (Wildman–Crippen LogP) is 5.29. The van der Waals surface area contributed by atoms with Gasteiger partial charge >= 0.3 is 5.97 Å². The first-order chi connectivity index (χ1) is 14.7. The minimum atomic E-state index is -1.45. The summed E-state index contributed by atoms with van der Waals surface area (Å²) in [5, 5.41) is 0. The first-order valence-electron chi connectivity index (χ1n) is 10.5. The monoisotopic (exact) mass is 431 g/mol. The van der Waals surface area contributed by atoms with Gasteiger partial charge in [-0.15, -0.1) is 11.5 Å². The lowest BCUT2D eigenvalue weighted by atomic mass is 9.99. The summed E-state index contributed by atoms with van der Waals surface area (Å²) in [6, 6.07) is 9.73. The molecule has 1 aliphatic rings. The quantitative estimate of drug-likeness (QED) is 0.375. The molecule has 1 atom stereocenters. The maximum absolute atomic E-state index is 12.5. The first kappa shape index (κ1) is 22.5. The van der Waals surface area contributed by atoms with E-state index >= 15 is 0 Å². The molecule has 0 N–H and O–H groups in total. The molecule has 1 aromatic carbocycles. The van der Waals surface area contributed by atoms with Gasteiger partial charge in [0.15, 0.2) is 5.69 Å². The molecule has 160 valence electrons. The zero-order chi connectivity index (χ0) is 22.6. The number of fused-ring (bicyclic) bond motifs is 1. The zero-order valence-electron chi connectivity index (χ0n) is 18.9. The Balaban J connectivity index is 2.13. The number of carbonyl (C=O) groups is 1. The SMILES string of the molecule is C=C1C(=CCC#C[Si](C)(C)C)C(c2ccccc2)=N[C@H](C)c2c(C(=O)OCC)ncn21. The third-order valence-electron chi connectivity index (χ3n) is 4.77. The lowest BCUT2D eigenvalue weighted by molar-refractivity contribution is 0.0518. The van der Waals surface area contributed by atoms with Crippen molar-refractivity contribution in [1.29, 1.82) is 0 Å². The van der Waals surface area contributed by atoms with Crippen molar-refractivity contribution in [2.45, 2.75) is 46.0 Å². The molecule has 0 aliphatic carbocycles. The van der Waals surface area contributed by atoms with Crippen LogP contribution >= 0.6 is 0 Å². The van der Waals surface area contributed by atoms with Crippen molar-refractivity contribution in [3.05, 3.63) is 71.8 Å². The van der Waals surface area contributed by atoms with Gasteiger partial charge in [0, 0.05) is 23.3 Å². The molecule has 1 aromatic heterocycles. The van der Waals surface area contributed by atoms with E-state index in [0.29, 0.717) is 18.7 Å². The van der Waals surface area contributed by atoms with E-state index in [1.165, 1.54) is 0 Å². The van der Waals surface area contributed by atoms with Crippen LogP contribution in [0.1, 0.15) is 48.1 Å². The van der Waals surface area contributed by atoms with E-state index in [2.05, 4.69) is 48.7 Å². The highest BCUT2D eigenvalue weighted by Gasteiger charge is 2.29. The molecule has 0 fully saturated rings. The molecular formula is C25H29N3O2Si. The second-order valence-electron chi connectivity index (χ2n) is 8.41. The highest BCUT2D eigenvalue weighted by Crippen LogP contribution is 2.33. The maximum atomic E-state index is 12.5. The number of aromatic nitrogens is 2. The Morgan fingerprint density at radius 1 is 1.29 bits per heavy atom. The Kier molecular flexibility index (Phi) is 6.76. The Bertz CT molecular complexity index is 1110. The number of allylic oxidation sites excluding steroid dienone is 3. The molecule has 0 amide bonds. The van der Waals surface area contributed by atoms with Gasteiger partial charge in [0.1, 0.15) is 14.4 Å². The molecule has 0 radical (unpaired) electrons. The van der Waals surface area contributed by atoms with Gasteiger partial charge in [-0.2, -0.15) is 0 Å². The van der Waals surface area contributed by atoms with Crippen LogP contribution in [0.3, 0.4) is 0 Å². The van der Waals surface area contributed by atoms with Crippen LogP contribution in [0.2, 0.25) is 19.6 Å². The second kappa shape index (κ2) is 9.32.